The minimum Gasteiger partial charge on any atom is -0.496 e. The van der Waals surface area contributed by atoms with Crippen LogP contribution in [0.25, 0.3) is 0 Å². The zero-order chi connectivity index (χ0) is 13.7. The highest BCUT2D eigenvalue weighted by atomic mass is 79.9. The number of halogens is 1. The number of morpholine rings is 1. The molecule has 0 N–H and O–H groups in total. The molecule has 100 valence electrons. The maximum Gasteiger partial charge on any atom is 0.241 e. The van der Waals surface area contributed by atoms with Crippen LogP contribution in [0.2, 0.25) is 0 Å². The van der Waals surface area contributed by atoms with E-state index in [1.807, 2.05) is 11.0 Å². The number of rotatable bonds is 2. The summed E-state index contributed by atoms with van der Waals surface area (Å²) in [6.45, 7) is 2.78. The molecule has 1 heterocycles. The van der Waals surface area contributed by atoms with E-state index < -0.39 is 0 Å². The molecule has 0 amide bonds. The van der Waals surface area contributed by atoms with Gasteiger partial charge in [-0.05, 0) is 18.2 Å². The van der Waals surface area contributed by atoms with Crippen molar-refractivity contribution in [3.8, 4) is 17.7 Å². The van der Waals surface area contributed by atoms with Gasteiger partial charge in [0.15, 0.2) is 0 Å². The number of methoxy groups -OCH3 is 1. The molecule has 19 heavy (non-hydrogen) atoms. The Labute approximate surface area is 120 Å². The number of Topliss-reactive ketones (excluding diaryl/α,β-unsaturated/α-hetero) is 1. The maximum absolute atomic E-state index is 12.1. The number of carbonyl (C=O) groups is 1. The number of hydrogen-bond donors (Lipinski definition) is 0. The van der Waals surface area contributed by atoms with Crippen LogP contribution in [0.15, 0.2) is 22.7 Å². The summed E-state index contributed by atoms with van der Waals surface area (Å²) < 4.78 is 11.2. The summed E-state index contributed by atoms with van der Waals surface area (Å²) >= 11 is 3.34. The van der Waals surface area contributed by atoms with E-state index in [2.05, 4.69) is 27.9 Å². The Hall–Kier alpha value is -1.51. The van der Waals surface area contributed by atoms with E-state index in [1.54, 1.807) is 12.1 Å². The minimum atomic E-state index is -0.246. The summed E-state index contributed by atoms with van der Waals surface area (Å²) in [6, 6.07) is 8.16. The van der Waals surface area contributed by atoms with Gasteiger partial charge in [0.25, 0.3) is 0 Å². The summed E-state index contributed by atoms with van der Waals surface area (Å²) in [5, 5.41) is 0. The Morgan fingerprint density at radius 1 is 1.42 bits per heavy atom. The molecule has 1 fully saturated rings. The molecular formula is C14H14BrNO3. The molecular weight excluding hydrogens is 310 g/mol. The van der Waals surface area contributed by atoms with Gasteiger partial charge in [-0.1, -0.05) is 15.9 Å². The lowest BCUT2D eigenvalue weighted by molar-refractivity contribution is 0.0637. The van der Waals surface area contributed by atoms with Gasteiger partial charge in [0.1, 0.15) is 5.75 Å². The van der Waals surface area contributed by atoms with Crippen molar-refractivity contribution in [1.29, 1.82) is 0 Å². The van der Waals surface area contributed by atoms with Gasteiger partial charge in [-0.25, -0.2) is 0 Å². The molecule has 0 aromatic heterocycles. The molecule has 0 radical (unpaired) electrons. The van der Waals surface area contributed by atoms with Crippen LogP contribution in [0.4, 0.5) is 0 Å². The van der Waals surface area contributed by atoms with Crippen molar-refractivity contribution < 1.29 is 14.3 Å². The van der Waals surface area contributed by atoms with Crippen molar-refractivity contribution in [2.24, 2.45) is 0 Å². The zero-order valence-electron chi connectivity index (χ0n) is 10.6. The molecule has 1 aromatic rings. The van der Waals surface area contributed by atoms with Crippen molar-refractivity contribution >= 4 is 21.7 Å². The van der Waals surface area contributed by atoms with Gasteiger partial charge in [0, 0.05) is 29.5 Å². The first-order valence-corrected chi connectivity index (χ1v) is 6.72. The van der Waals surface area contributed by atoms with Crippen molar-refractivity contribution in [2.75, 3.05) is 33.4 Å². The lowest BCUT2D eigenvalue weighted by Crippen LogP contribution is -2.32. The number of nitrogens with zero attached hydrogens (tertiary/aromatic N) is 1. The first-order valence-electron chi connectivity index (χ1n) is 5.93. The van der Waals surface area contributed by atoms with Gasteiger partial charge >= 0.3 is 0 Å². The second kappa shape index (κ2) is 6.60. The minimum absolute atomic E-state index is 0.246. The fourth-order valence-corrected chi connectivity index (χ4v) is 2.09. The van der Waals surface area contributed by atoms with Crippen LogP contribution in [0.5, 0.6) is 5.75 Å². The lowest BCUT2D eigenvalue weighted by Gasteiger charge is -2.22. The van der Waals surface area contributed by atoms with Crippen LogP contribution in [0.3, 0.4) is 0 Å². The van der Waals surface area contributed by atoms with E-state index in [9.17, 15) is 4.79 Å². The molecule has 5 heteroatoms. The number of carbonyl (C=O) groups excluding carboxylic acids is 1. The SMILES string of the molecule is COc1ccc(Br)cc1C(=O)C#CN1CCOCC1. The van der Waals surface area contributed by atoms with Crippen LogP contribution < -0.4 is 4.74 Å². The van der Waals surface area contributed by atoms with Gasteiger partial charge in [-0.15, -0.1) is 0 Å². The van der Waals surface area contributed by atoms with Gasteiger partial charge in [-0.3, -0.25) is 4.79 Å². The molecule has 0 atom stereocenters. The molecule has 2 rings (SSSR count). The summed E-state index contributed by atoms with van der Waals surface area (Å²) in [5.74, 6) is 2.94. The molecule has 1 saturated heterocycles. The molecule has 0 saturated carbocycles. The van der Waals surface area contributed by atoms with Gasteiger partial charge < -0.3 is 14.4 Å². The monoisotopic (exact) mass is 323 g/mol. The third-order valence-electron chi connectivity index (χ3n) is 2.74. The molecule has 0 spiro atoms. The van der Waals surface area contributed by atoms with E-state index in [4.69, 9.17) is 9.47 Å². The first-order chi connectivity index (χ1) is 9.20. The van der Waals surface area contributed by atoms with E-state index in [0.29, 0.717) is 24.5 Å². The molecule has 0 unspecified atom stereocenters. The molecule has 4 nitrogen and oxygen atoms in total. The molecule has 0 bridgehead atoms. The number of ketones is 1. The van der Waals surface area contributed by atoms with Gasteiger partial charge in [-0.2, -0.15) is 0 Å². The molecule has 1 aromatic carbocycles. The fourth-order valence-electron chi connectivity index (χ4n) is 1.73. The number of ether oxygens (including phenoxy) is 2. The second-order valence-corrected chi connectivity index (χ2v) is 4.93. The Kier molecular flexibility index (Phi) is 4.83. The van der Waals surface area contributed by atoms with E-state index in [-0.39, 0.29) is 5.78 Å². The smallest absolute Gasteiger partial charge is 0.241 e. The van der Waals surface area contributed by atoms with Crippen LogP contribution in [-0.2, 0) is 4.74 Å². The van der Waals surface area contributed by atoms with Crippen molar-refractivity contribution in [3.63, 3.8) is 0 Å². The van der Waals surface area contributed by atoms with Crippen molar-refractivity contribution in [1.82, 2.24) is 4.90 Å². The van der Waals surface area contributed by atoms with E-state index in [0.717, 1.165) is 17.6 Å². The Morgan fingerprint density at radius 2 is 2.16 bits per heavy atom. The second-order valence-electron chi connectivity index (χ2n) is 4.01. The summed E-state index contributed by atoms with van der Waals surface area (Å²) in [4.78, 5) is 14.0. The average Bonchev–Trinajstić information content (AvgIpc) is 2.46. The predicted molar refractivity (Wildman–Crippen MR) is 75.2 cm³/mol. The number of benzene rings is 1. The molecule has 1 aliphatic heterocycles. The average molecular weight is 324 g/mol. The standard InChI is InChI=1S/C14H14BrNO3/c1-18-14-3-2-11(15)10-12(14)13(17)4-5-16-6-8-19-9-7-16/h2-3,10H,6-9H2,1H3. The fraction of sp³-hybridized carbons (Fsp3) is 0.357. The Morgan fingerprint density at radius 3 is 2.84 bits per heavy atom. The summed E-state index contributed by atoms with van der Waals surface area (Å²) in [5.41, 5.74) is 0.470. The van der Waals surface area contributed by atoms with Gasteiger partial charge in [0.2, 0.25) is 5.78 Å². The Bertz CT molecular complexity index is 527. The topological polar surface area (TPSA) is 38.8 Å². The highest BCUT2D eigenvalue weighted by Gasteiger charge is 2.11. The van der Waals surface area contributed by atoms with Crippen LogP contribution >= 0.6 is 15.9 Å². The summed E-state index contributed by atoms with van der Waals surface area (Å²) in [6.07, 6.45) is 0. The van der Waals surface area contributed by atoms with E-state index in [1.165, 1.54) is 7.11 Å². The first kappa shape index (κ1) is 13.9. The third kappa shape index (κ3) is 3.72. The van der Waals surface area contributed by atoms with Crippen LogP contribution in [0.1, 0.15) is 10.4 Å². The highest BCUT2D eigenvalue weighted by molar-refractivity contribution is 9.10. The number of hydrogen-bond acceptors (Lipinski definition) is 4. The quantitative estimate of drug-likeness (QED) is 0.616. The third-order valence-corrected chi connectivity index (χ3v) is 3.24. The maximum atomic E-state index is 12.1. The van der Waals surface area contributed by atoms with Crippen molar-refractivity contribution in [3.05, 3.63) is 28.2 Å². The normalized spacial score (nSPS) is 14.5. The van der Waals surface area contributed by atoms with Crippen LogP contribution in [0, 0.1) is 12.0 Å². The predicted octanol–water partition coefficient (Wildman–Crippen LogP) is 1.93. The van der Waals surface area contributed by atoms with Crippen LogP contribution in [-0.4, -0.2) is 44.1 Å². The Balaban J connectivity index is 2.15. The molecule has 0 aliphatic carbocycles. The highest BCUT2D eigenvalue weighted by Crippen LogP contribution is 2.23. The molecule has 1 aliphatic rings. The largest absolute Gasteiger partial charge is 0.496 e. The van der Waals surface area contributed by atoms with E-state index >= 15 is 0 Å². The van der Waals surface area contributed by atoms with Crippen molar-refractivity contribution in [2.45, 2.75) is 0 Å². The summed E-state index contributed by atoms with van der Waals surface area (Å²) in [7, 11) is 1.54. The zero-order valence-corrected chi connectivity index (χ0v) is 12.2. The van der Waals surface area contributed by atoms with Gasteiger partial charge in [0.05, 0.1) is 25.9 Å². The lowest BCUT2D eigenvalue weighted by atomic mass is 10.1.